The predicted molar refractivity (Wildman–Crippen MR) is 115 cm³/mol. The Morgan fingerprint density at radius 1 is 1.19 bits per heavy atom. The summed E-state index contributed by atoms with van der Waals surface area (Å²) in [7, 11) is 0. The van der Waals surface area contributed by atoms with Crippen LogP contribution in [0.2, 0.25) is 0 Å². The Morgan fingerprint density at radius 3 is 3.03 bits per heavy atom. The molecule has 2 unspecified atom stereocenters. The molecule has 160 valence electrons. The third kappa shape index (κ3) is 4.62. The molecular formula is C22H26N8O. The number of para-hydroxylation sites is 1. The van der Waals surface area contributed by atoms with E-state index in [9.17, 15) is 0 Å². The Bertz CT molecular complexity index is 1100. The van der Waals surface area contributed by atoms with E-state index in [-0.39, 0.29) is 12.1 Å². The summed E-state index contributed by atoms with van der Waals surface area (Å²) < 4.78 is 9.74. The second-order valence-corrected chi connectivity index (χ2v) is 7.82. The van der Waals surface area contributed by atoms with Crippen molar-refractivity contribution in [2.45, 2.75) is 44.5 Å². The minimum atomic E-state index is -0.205. The van der Waals surface area contributed by atoms with Gasteiger partial charge in [-0.3, -0.25) is 4.98 Å². The van der Waals surface area contributed by atoms with Gasteiger partial charge < -0.3 is 14.6 Å². The summed E-state index contributed by atoms with van der Waals surface area (Å²) in [6.45, 7) is 3.16. The zero-order chi connectivity index (χ0) is 20.9. The van der Waals surface area contributed by atoms with Gasteiger partial charge in [-0.15, -0.1) is 5.10 Å². The first kappa shape index (κ1) is 19.8. The van der Waals surface area contributed by atoms with Gasteiger partial charge in [0.1, 0.15) is 6.04 Å². The molecule has 1 aliphatic heterocycles. The second kappa shape index (κ2) is 9.32. The lowest BCUT2D eigenvalue weighted by atomic mass is 10.1. The van der Waals surface area contributed by atoms with Crippen molar-refractivity contribution < 1.29 is 4.74 Å². The summed E-state index contributed by atoms with van der Waals surface area (Å²) >= 11 is 0. The van der Waals surface area contributed by atoms with Crippen molar-refractivity contribution >= 4 is 10.9 Å². The summed E-state index contributed by atoms with van der Waals surface area (Å²) in [5.41, 5.74) is 1.87. The third-order valence-electron chi connectivity index (χ3n) is 5.63. The van der Waals surface area contributed by atoms with Crippen molar-refractivity contribution in [2.24, 2.45) is 0 Å². The Hall–Kier alpha value is -3.17. The molecule has 0 amide bonds. The number of aromatic nitrogens is 7. The van der Waals surface area contributed by atoms with Crippen LogP contribution in [0.1, 0.15) is 36.8 Å². The van der Waals surface area contributed by atoms with Crippen LogP contribution >= 0.6 is 0 Å². The second-order valence-electron chi connectivity index (χ2n) is 7.82. The number of nitrogens with one attached hydrogen (secondary N) is 1. The highest BCUT2D eigenvalue weighted by molar-refractivity contribution is 5.78. The lowest BCUT2D eigenvalue weighted by molar-refractivity contribution is 0.0923. The van der Waals surface area contributed by atoms with Crippen molar-refractivity contribution in [1.29, 1.82) is 0 Å². The van der Waals surface area contributed by atoms with Gasteiger partial charge in [0.15, 0.2) is 5.82 Å². The number of rotatable bonds is 9. The van der Waals surface area contributed by atoms with E-state index >= 15 is 0 Å². The van der Waals surface area contributed by atoms with Gasteiger partial charge in [-0.05, 0) is 48.4 Å². The molecule has 3 aromatic heterocycles. The number of tetrazole rings is 1. The van der Waals surface area contributed by atoms with Crippen LogP contribution in [-0.4, -0.2) is 54.0 Å². The van der Waals surface area contributed by atoms with E-state index in [1.165, 1.54) is 0 Å². The van der Waals surface area contributed by atoms with Crippen LogP contribution in [0.4, 0.5) is 0 Å². The van der Waals surface area contributed by atoms with Gasteiger partial charge in [-0.25, -0.2) is 9.67 Å². The van der Waals surface area contributed by atoms with Crippen LogP contribution in [0.3, 0.4) is 0 Å². The zero-order valence-electron chi connectivity index (χ0n) is 17.3. The molecule has 1 aromatic carbocycles. The molecule has 4 heterocycles. The maximum absolute atomic E-state index is 5.80. The molecule has 0 saturated carbocycles. The maximum atomic E-state index is 5.80. The Labute approximate surface area is 180 Å². The number of hydrogen-bond donors (Lipinski definition) is 1. The van der Waals surface area contributed by atoms with Crippen molar-refractivity contribution in [1.82, 2.24) is 40.1 Å². The highest BCUT2D eigenvalue weighted by Gasteiger charge is 2.25. The van der Waals surface area contributed by atoms with Gasteiger partial charge in [0, 0.05) is 30.9 Å². The van der Waals surface area contributed by atoms with Crippen LogP contribution in [0, 0.1) is 0 Å². The first-order valence-corrected chi connectivity index (χ1v) is 10.8. The quantitative estimate of drug-likeness (QED) is 0.417. The fourth-order valence-corrected chi connectivity index (χ4v) is 4.03. The molecule has 1 saturated heterocycles. The number of imidazole rings is 1. The number of aryl methyl sites for hydroxylation is 1. The molecule has 9 heteroatoms. The van der Waals surface area contributed by atoms with Gasteiger partial charge in [0.2, 0.25) is 0 Å². The Morgan fingerprint density at radius 2 is 2.16 bits per heavy atom. The van der Waals surface area contributed by atoms with Gasteiger partial charge in [0.05, 0.1) is 30.2 Å². The SMILES string of the molecule is c1ccc2nc(C(NCCCn3ccnc3)c3nnnn3CC3CCCO3)ccc2c1. The maximum Gasteiger partial charge on any atom is 0.174 e. The topological polar surface area (TPSA) is 95.6 Å². The summed E-state index contributed by atoms with van der Waals surface area (Å²) in [5.74, 6) is 0.765. The normalized spacial score (nSPS) is 17.4. The van der Waals surface area contributed by atoms with E-state index in [1.54, 1.807) is 6.20 Å². The summed E-state index contributed by atoms with van der Waals surface area (Å²) in [6, 6.07) is 12.1. The molecule has 1 aliphatic rings. The molecular weight excluding hydrogens is 392 g/mol. The standard InChI is InChI=1S/C22H26N8O/c1-2-7-19-17(5-1)8-9-20(25-19)21(24-10-4-12-29-13-11-23-16-29)22-26-27-28-30(22)15-18-6-3-14-31-18/h1-2,5,7-9,11,13,16,18,21,24H,3-4,6,10,12,14-15H2. The molecule has 2 atom stereocenters. The molecule has 0 aliphatic carbocycles. The lowest BCUT2D eigenvalue weighted by Gasteiger charge is -2.19. The number of nitrogens with zero attached hydrogens (tertiary/aromatic N) is 7. The van der Waals surface area contributed by atoms with E-state index in [1.807, 2.05) is 35.4 Å². The number of fused-ring (bicyclic) bond motifs is 1. The number of ether oxygens (including phenoxy) is 1. The first-order valence-electron chi connectivity index (χ1n) is 10.8. The molecule has 4 aromatic rings. The van der Waals surface area contributed by atoms with E-state index < -0.39 is 0 Å². The number of hydrogen-bond acceptors (Lipinski definition) is 7. The average Bonchev–Trinajstić information content (AvgIpc) is 3.58. The highest BCUT2D eigenvalue weighted by Crippen LogP contribution is 2.23. The van der Waals surface area contributed by atoms with Crippen LogP contribution in [0.15, 0.2) is 55.1 Å². The lowest BCUT2D eigenvalue weighted by Crippen LogP contribution is -2.29. The summed E-state index contributed by atoms with van der Waals surface area (Å²) in [6.07, 6.45) is 8.85. The van der Waals surface area contributed by atoms with Crippen LogP contribution in [-0.2, 0) is 17.8 Å². The molecule has 1 fully saturated rings. The fraction of sp³-hybridized carbons (Fsp3) is 0.409. The zero-order valence-corrected chi connectivity index (χ0v) is 17.3. The monoisotopic (exact) mass is 418 g/mol. The molecule has 31 heavy (non-hydrogen) atoms. The molecule has 0 radical (unpaired) electrons. The van der Waals surface area contributed by atoms with E-state index in [2.05, 4.69) is 48.6 Å². The molecule has 0 spiro atoms. The summed E-state index contributed by atoms with van der Waals surface area (Å²) in [5, 5.41) is 17.3. The van der Waals surface area contributed by atoms with Crippen LogP contribution < -0.4 is 5.32 Å². The first-order chi connectivity index (χ1) is 15.4. The fourth-order valence-electron chi connectivity index (χ4n) is 4.03. The van der Waals surface area contributed by atoms with Crippen molar-refractivity contribution in [3.8, 4) is 0 Å². The molecule has 5 rings (SSSR count). The number of benzene rings is 1. The number of pyridine rings is 1. The largest absolute Gasteiger partial charge is 0.376 e. The van der Waals surface area contributed by atoms with E-state index in [0.717, 1.165) is 61.4 Å². The van der Waals surface area contributed by atoms with Gasteiger partial charge >= 0.3 is 0 Å². The van der Waals surface area contributed by atoms with Gasteiger partial charge in [-0.1, -0.05) is 24.3 Å². The van der Waals surface area contributed by atoms with E-state index in [0.29, 0.717) is 6.54 Å². The van der Waals surface area contributed by atoms with Crippen molar-refractivity contribution in [3.05, 3.63) is 66.6 Å². The van der Waals surface area contributed by atoms with Gasteiger partial charge in [0.25, 0.3) is 0 Å². The molecule has 0 bridgehead atoms. The van der Waals surface area contributed by atoms with Crippen molar-refractivity contribution in [3.63, 3.8) is 0 Å². The van der Waals surface area contributed by atoms with E-state index in [4.69, 9.17) is 9.72 Å². The third-order valence-corrected chi connectivity index (χ3v) is 5.63. The molecule has 9 nitrogen and oxygen atoms in total. The average molecular weight is 419 g/mol. The smallest absolute Gasteiger partial charge is 0.174 e. The van der Waals surface area contributed by atoms with Crippen LogP contribution in [0.5, 0.6) is 0 Å². The van der Waals surface area contributed by atoms with Gasteiger partial charge in [-0.2, -0.15) is 0 Å². The minimum Gasteiger partial charge on any atom is -0.376 e. The van der Waals surface area contributed by atoms with Crippen LogP contribution in [0.25, 0.3) is 10.9 Å². The Kier molecular flexibility index (Phi) is 5.94. The minimum absolute atomic E-state index is 0.161. The Balaban J connectivity index is 1.38. The van der Waals surface area contributed by atoms with Crippen molar-refractivity contribution in [2.75, 3.05) is 13.2 Å². The molecule has 1 N–H and O–H groups in total. The predicted octanol–water partition coefficient (Wildman–Crippen LogP) is 2.37. The highest BCUT2D eigenvalue weighted by atomic mass is 16.5. The summed E-state index contributed by atoms with van der Waals surface area (Å²) in [4.78, 5) is 9.02.